The van der Waals surface area contributed by atoms with Crippen molar-refractivity contribution in [3.05, 3.63) is 0 Å². The summed E-state index contributed by atoms with van der Waals surface area (Å²) in [5.74, 6) is -0.850. The van der Waals surface area contributed by atoms with Gasteiger partial charge in [0.05, 0.1) is 0 Å². The first-order valence-corrected chi connectivity index (χ1v) is 28.5. The van der Waals surface area contributed by atoms with Crippen LogP contribution in [0.5, 0.6) is 0 Å². The highest BCUT2D eigenvalue weighted by Gasteiger charge is 2.19. The molecule has 0 aromatic carbocycles. The minimum Gasteiger partial charge on any atom is -0.462 e. The van der Waals surface area contributed by atoms with Crippen molar-refractivity contribution in [1.29, 1.82) is 0 Å². The molecule has 0 saturated carbocycles. The SMILES string of the molecule is CCCCCCCCCCCCCCCCCCCCCCCCCCCCC(=O)OCC(COC(=O)CCCCCCCC)OC(=O)CCCCCCCCCCCCCCC. The predicted octanol–water partition coefficient (Wildman–Crippen LogP) is 18.8. The molecule has 1 atom stereocenters. The fourth-order valence-corrected chi connectivity index (χ4v) is 8.80. The highest BCUT2D eigenvalue weighted by atomic mass is 16.6. The monoisotopic (exact) mass is 891 g/mol. The molecular weight excluding hydrogens is 781 g/mol. The summed E-state index contributed by atoms with van der Waals surface area (Å²) in [4.78, 5) is 37.8. The van der Waals surface area contributed by atoms with Gasteiger partial charge in [-0.2, -0.15) is 0 Å². The lowest BCUT2D eigenvalue weighted by Gasteiger charge is -2.18. The van der Waals surface area contributed by atoms with Crippen molar-refractivity contribution in [2.75, 3.05) is 13.2 Å². The molecule has 0 aliphatic carbocycles. The minimum absolute atomic E-state index is 0.0625. The lowest BCUT2D eigenvalue weighted by molar-refractivity contribution is -0.167. The Kier molecular flexibility index (Phi) is 51.7. The standard InChI is InChI=1S/C57H110O6/c1-4-7-10-13-16-18-20-22-23-24-25-26-27-28-29-30-31-32-33-34-36-37-39-41-44-47-50-56(59)62-53-54(52-61-55(58)49-46-43-15-12-9-6-3)63-57(60)51-48-45-42-40-38-35-21-19-17-14-11-8-5-2/h54H,4-53H2,1-3H3. The van der Waals surface area contributed by atoms with Crippen molar-refractivity contribution in [2.24, 2.45) is 0 Å². The maximum absolute atomic E-state index is 12.7. The Morgan fingerprint density at radius 3 is 0.635 bits per heavy atom. The molecule has 374 valence electrons. The number of rotatable bonds is 53. The Hall–Kier alpha value is -1.59. The van der Waals surface area contributed by atoms with Crippen LogP contribution in [0.1, 0.15) is 329 Å². The number of esters is 3. The van der Waals surface area contributed by atoms with E-state index in [2.05, 4.69) is 20.8 Å². The molecule has 0 aromatic heterocycles. The van der Waals surface area contributed by atoms with Gasteiger partial charge in [-0.25, -0.2) is 0 Å². The van der Waals surface area contributed by atoms with E-state index in [0.29, 0.717) is 19.3 Å². The molecule has 1 unspecified atom stereocenters. The normalized spacial score (nSPS) is 11.9. The Labute approximate surface area is 393 Å². The van der Waals surface area contributed by atoms with Crippen LogP contribution in [0.4, 0.5) is 0 Å². The van der Waals surface area contributed by atoms with Crippen molar-refractivity contribution in [3.8, 4) is 0 Å². The zero-order valence-electron chi connectivity index (χ0n) is 42.9. The molecule has 0 spiro atoms. The van der Waals surface area contributed by atoms with Crippen molar-refractivity contribution in [1.82, 2.24) is 0 Å². The van der Waals surface area contributed by atoms with Gasteiger partial charge < -0.3 is 14.2 Å². The Balaban J connectivity index is 3.98. The van der Waals surface area contributed by atoms with Crippen molar-refractivity contribution < 1.29 is 28.6 Å². The molecule has 0 radical (unpaired) electrons. The molecule has 63 heavy (non-hydrogen) atoms. The highest BCUT2D eigenvalue weighted by Crippen LogP contribution is 2.18. The van der Waals surface area contributed by atoms with E-state index in [9.17, 15) is 14.4 Å². The van der Waals surface area contributed by atoms with Gasteiger partial charge in [0.1, 0.15) is 13.2 Å². The molecule has 0 aliphatic rings. The summed E-state index contributed by atoms with van der Waals surface area (Å²) in [5, 5.41) is 0. The number of hydrogen-bond donors (Lipinski definition) is 0. The molecule has 0 aliphatic heterocycles. The van der Waals surface area contributed by atoms with Gasteiger partial charge in [-0.3, -0.25) is 14.4 Å². The maximum atomic E-state index is 12.7. The Bertz CT molecular complexity index is 936. The van der Waals surface area contributed by atoms with Gasteiger partial charge in [0.25, 0.3) is 0 Å². The van der Waals surface area contributed by atoms with E-state index in [1.807, 2.05) is 0 Å². The van der Waals surface area contributed by atoms with Crippen molar-refractivity contribution in [2.45, 2.75) is 335 Å². The number of hydrogen-bond acceptors (Lipinski definition) is 6. The summed E-state index contributed by atoms with van der Waals surface area (Å²) in [5.41, 5.74) is 0. The fourth-order valence-electron chi connectivity index (χ4n) is 8.80. The van der Waals surface area contributed by atoms with Gasteiger partial charge in [0.15, 0.2) is 6.10 Å². The fraction of sp³-hybridized carbons (Fsp3) is 0.947. The van der Waals surface area contributed by atoms with Gasteiger partial charge >= 0.3 is 17.9 Å². The predicted molar refractivity (Wildman–Crippen MR) is 270 cm³/mol. The molecule has 0 saturated heterocycles. The van der Waals surface area contributed by atoms with Crippen LogP contribution in [0.25, 0.3) is 0 Å². The quantitative estimate of drug-likeness (QED) is 0.0344. The van der Waals surface area contributed by atoms with Crippen LogP contribution in [0.3, 0.4) is 0 Å². The van der Waals surface area contributed by atoms with Crippen molar-refractivity contribution >= 4 is 17.9 Å². The molecule has 0 aromatic rings. The second-order valence-electron chi connectivity index (χ2n) is 19.6. The summed E-state index contributed by atoms with van der Waals surface area (Å²) in [6.45, 7) is 6.63. The highest BCUT2D eigenvalue weighted by molar-refractivity contribution is 5.71. The molecule has 0 rings (SSSR count). The first kappa shape index (κ1) is 61.4. The molecule has 6 heteroatoms. The third-order valence-corrected chi connectivity index (χ3v) is 13.1. The van der Waals surface area contributed by atoms with Gasteiger partial charge in [-0.1, -0.05) is 290 Å². The smallest absolute Gasteiger partial charge is 0.306 e. The summed E-state index contributed by atoms with van der Waals surface area (Å²) in [7, 11) is 0. The number of ether oxygens (including phenoxy) is 3. The summed E-state index contributed by atoms with van der Waals surface area (Å²) in [6, 6.07) is 0. The second kappa shape index (κ2) is 53.0. The summed E-state index contributed by atoms with van der Waals surface area (Å²) in [6.07, 6.45) is 58.5. The maximum Gasteiger partial charge on any atom is 0.306 e. The first-order valence-electron chi connectivity index (χ1n) is 28.5. The molecule has 0 fully saturated rings. The van der Waals surface area contributed by atoms with Crippen LogP contribution in [-0.4, -0.2) is 37.2 Å². The average molecular weight is 892 g/mol. The molecule has 0 bridgehead atoms. The molecule has 0 N–H and O–H groups in total. The van der Waals surface area contributed by atoms with E-state index in [0.717, 1.165) is 57.8 Å². The number of carbonyl (C=O) groups excluding carboxylic acids is 3. The zero-order valence-corrected chi connectivity index (χ0v) is 42.9. The number of unbranched alkanes of at least 4 members (excludes halogenated alkanes) is 42. The number of carbonyl (C=O) groups is 3. The van der Waals surface area contributed by atoms with Crippen LogP contribution in [0.2, 0.25) is 0 Å². The van der Waals surface area contributed by atoms with E-state index < -0.39 is 6.10 Å². The van der Waals surface area contributed by atoms with Gasteiger partial charge in [-0.05, 0) is 19.3 Å². The third kappa shape index (κ3) is 51.3. The van der Waals surface area contributed by atoms with Crippen LogP contribution in [0, 0.1) is 0 Å². The summed E-state index contributed by atoms with van der Waals surface area (Å²) < 4.78 is 16.7. The van der Waals surface area contributed by atoms with Crippen molar-refractivity contribution in [3.63, 3.8) is 0 Å². The minimum atomic E-state index is -0.758. The van der Waals surface area contributed by atoms with E-state index >= 15 is 0 Å². The largest absolute Gasteiger partial charge is 0.462 e. The second-order valence-corrected chi connectivity index (χ2v) is 19.6. The molecule has 0 heterocycles. The zero-order chi connectivity index (χ0) is 45.8. The van der Waals surface area contributed by atoms with Crippen LogP contribution >= 0.6 is 0 Å². The third-order valence-electron chi connectivity index (χ3n) is 13.1. The topological polar surface area (TPSA) is 78.9 Å². The molecule has 0 amide bonds. The molecule has 6 nitrogen and oxygen atoms in total. The van der Waals surface area contributed by atoms with Gasteiger partial charge in [0, 0.05) is 19.3 Å². The first-order chi connectivity index (χ1) is 31.0. The van der Waals surface area contributed by atoms with E-state index in [1.165, 1.54) is 231 Å². The van der Waals surface area contributed by atoms with E-state index in [4.69, 9.17) is 14.2 Å². The Morgan fingerprint density at radius 2 is 0.429 bits per heavy atom. The van der Waals surface area contributed by atoms with Gasteiger partial charge in [-0.15, -0.1) is 0 Å². The van der Waals surface area contributed by atoms with Crippen LogP contribution in [0.15, 0.2) is 0 Å². The van der Waals surface area contributed by atoms with Crippen LogP contribution < -0.4 is 0 Å². The average Bonchev–Trinajstić information content (AvgIpc) is 3.28. The van der Waals surface area contributed by atoms with E-state index in [-0.39, 0.29) is 31.1 Å². The summed E-state index contributed by atoms with van der Waals surface area (Å²) >= 11 is 0. The lowest BCUT2D eigenvalue weighted by Crippen LogP contribution is -2.30. The van der Waals surface area contributed by atoms with Crippen LogP contribution in [-0.2, 0) is 28.6 Å². The Morgan fingerprint density at radius 1 is 0.254 bits per heavy atom. The van der Waals surface area contributed by atoms with E-state index in [1.54, 1.807) is 0 Å². The molecular formula is C57H110O6. The lowest BCUT2D eigenvalue weighted by atomic mass is 10.0. The van der Waals surface area contributed by atoms with Gasteiger partial charge in [0.2, 0.25) is 0 Å².